The summed E-state index contributed by atoms with van der Waals surface area (Å²) < 4.78 is 6.48. The second kappa shape index (κ2) is 26.2. The zero-order valence-electron chi connectivity index (χ0n) is 48.8. The van der Waals surface area contributed by atoms with E-state index in [1.165, 1.54) is 21.1 Å². The van der Waals surface area contributed by atoms with E-state index in [0.29, 0.717) is 101 Å². The summed E-state index contributed by atoms with van der Waals surface area (Å²) in [6, 6.07) is 5.93. The molecule has 4 amide bonds. The van der Waals surface area contributed by atoms with E-state index in [1.807, 2.05) is 6.07 Å². The second-order valence-electron chi connectivity index (χ2n) is 25.5. The molecule has 1 unspecified atom stereocenters. The van der Waals surface area contributed by atoms with Crippen LogP contribution in [0.15, 0.2) is 40.5 Å². The highest BCUT2D eigenvalue weighted by atomic mass is 32.1. The lowest BCUT2D eigenvalue weighted by molar-refractivity contribution is -0.174. The normalized spacial score (nSPS) is 27.4. The topological polar surface area (TPSA) is 257 Å². The number of fused-ring (bicyclic) bond motifs is 6. The van der Waals surface area contributed by atoms with Gasteiger partial charge in [0.05, 0.1) is 22.4 Å². The van der Waals surface area contributed by atoms with Gasteiger partial charge in [0.1, 0.15) is 17.9 Å². The van der Waals surface area contributed by atoms with Gasteiger partial charge in [-0.15, -0.1) is 11.3 Å². The molecule has 5 N–H and O–H groups in total. The molecule has 0 spiro atoms. The Kier molecular flexibility index (Phi) is 20.3. The fourth-order valence-electron chi connectivity index (χ4n) is 15.2. The Morgan fingerprint density at radius 2 is 1.57 bits per heavy atom. The average molecular weight is 1130 g/mol. The molecule has 4 saturated carbocycles. The number of nitrogens with one attached hydrogen (secondary N) is 2. The van der Waals surface area contributed by atoms with Gasteiger partial charge in [0.25, 0.3) is 0 Å². The van der Waals surface area contributed by atoms with Crippen LogP contribution in [0.1, 0.15) is 176 Å². The molecule has 80 heavy (non-hydrogen) atoms. The Hall–Kier alpha value is -5.51. The summed E-state index contributed by atoms with van der Waals surface area (Å²) in [7, 11) is 1.62. The van der Waals surface area contributed by atoms with E-state index in [2.05, 4.69) is 36.4 Å². The van der Waals surface area contributed by atoms with E-state index in [4.69, 9.17) is 4.74 Å². The van der Waals surface area contributed by atoms with Gasteiger partial charge in [-0.25, -0.2) is 14.6 Å². The van der Waals surface area contributed by atoms with Gasteiger partial charge in [0.2, 0.25) is 17.7 Å². The minimum atomic E-state index is -1.09. The van der Waals surface area contributed by atoms with Gasteiger partial charge in [0.15, 0.2) is 16.6 Å². The van der Waals surface area contributed by atoms with E-state index in [1.54, 1.807) is 59.9 Å². The van der Waals surface area contributed by atoms with Gasteiger partial charge in [-0.1, -0.05) is 41.0 Å². The average Bonchev–Trinajstić information content (AvgIpc) is 4.12. The number of rotatable bonds is 24. The highest BCUT2D eigenvalue weighted by molar-refractivity contribution is 7.19. The predicted molar refractivity (Wildman–Crippen MR) is 305 cm³/mol. The van der Waals surface area contributed by atoms with Crippen molar-refractivity contribution in [3.8, 4) is 11.8 Å². The number of nitrogens with zero attached hydrogens (tertiary/aromatic N) is 4. The number of unbranched alkanes of at least 4 members (excludes halogenated alkanes) is 3. The monoisotopic (exact) mass is 1120 g/mol. The number of hydrogen-bond acceptors (Lipinski definition) is 13. The van der Waals surface area contributed by atoms with Crippen molar-refractivity contribution in [2.45, 2.75) is 189 Å². The Labute approximate surface area is 476 Å². The molecular formula is C62H88N6O11S. The van der Waals surface area contributed by atoms with Crippen LogP contribution >= 0.6 is 11.3 Å². The minimum absolute atomic E-state index is 0.0422. The number of Topliss-reactive ketones (excluding diaryl/α,β-unsaturated/α-hetero) is 2. The first-order chi connectivity index (χ1) is 37.8. The van der Waals surface area contributed by atoms with Crippen LogP contribution in [-0.2, 0) is 28.8 Å². The molecule has 2 aromatic rings. The van der Waals surface area contributed by atoms with Gasteiger partial charge < -0.3 is 40.5 Å². The second-order valence-corrected chi connectivity index (χ2v) is 26.5. The number of nitriles is 1. The zero-order chi connectivity index (χ0) is 58.4. The number of ether oxygens (including phenoxy) is 1. The minimum Gasteiger partial charge on any atom is -0.480 e. The number of aliphatic hydroxyl groups is 2. The summed E-state index contributed by atoms with van der Waals surface area (Å²) in [6.45, 7) is 16.4. The molecule has 0 radical (unpaired) electrons. The summed E-state index contributed by atoms with van der Waals surface area (Å²) in [5, 5.41) is 47.4. The molecule has 4 fully saturated rings. The van der Waals surface area contributed by atoms with Crippen LogP contribution in [0, 0.1) is 63.1 Å². The third-order valence-electron chi connectivity index (χ3n) is 20.0. The molecule has 5 aliphatic rings. The van der Waals surface area contributed by atoms with E-state index >= 15 is 0 Å². The van der Waals surface area contributed by atoms with Gasteiger partial charge in [0, 0.05) is 86.3 Å². The lowest BCUT2D eigenvalue weighted by Crippen LogP contribution is -2.58. The summed E-state index contributed by atoms with van der Waals surface area (Å²) in [6.07, 6.45) is 10.6. The molecule has 1 aromatic carbocycles. The highest BCUT2D eigenvalue weighted by Crippen LogP contribution is 2.68. The van der Waals surface area contributed by atoms with E-state index in [-0.39, 0.29) is 120 Å². The van der Waals surface area contributed by atoms with Crippen molar-refractivity contribution in [1.82, 2.24) is 25.4 Å². The largest absolute Gasteiger partial charge is 0.480 e. The fourth-order valence-corrected chi connectivity index (χ4v) is 16.0. The number of aliphatic hydroxyl groups excluding tert-OH is 2. The van der Waals surface area contributed by atoms with Crippen molar-refractivity contribution in [3.63, 3.8) is 0 Å². The van der Waals surface area contributed by atoms with Crippen LogP contribution in [0.2, 0.25) is 0 Å². The van der Waals surface area contributed by atoms with E-state index in [9.17, 15) is 54.1 Å². The molecule has 1 heterocycles. The predicted octanol–water partition coefficient (Wildman–Crippen LogP) is 9.47. The number of aromatic nitrogens is 1. The molecule has 0 saturated heterocycles. The maximum atomic E-state index is 13.7. The van der Waals surface area contributed by atoms with Crippen molar-refractivity contribution in [1.29, 1.82) is 5.26 Å². The third kappa shape index (κ3) is 13.9. The molecule has 0 bridgehead atoms. The number of carbonyl (C=O) groups excluding carboxylic acids is 6. The van der Waals surface area contributed by atoms with Gasteiger partial charge in [-0.05, 0) is 169 Å². The molecule has 18 heteroatoms. The number of carbonyl (C=O) groups is 7. The Balaban J connectivity index is 0.817. The molecular weight excluding hydrogens is 1040 g/mol. The van der Waals surface area contributed by atoms with Crippen molar-refractivity contribution in [3.05, 3.63) is 45.5 Å². The zero-order valence-corrected chi connectivity index (χ0v) is 49.6. The Morgan fingerprint density at radius 1 is 0.863 bits per heavy atom. The molecule has 438 valence electrons. The first kappa shape index (κ1) is 62.1. The van der Waals surface area contributed by atoms with Crippen molar-refractivity contribution < 1.29 is 53.6 Å². The van der Waals surface area contributed by atoms with Crippen LogP contribution in [0.5, 0.6) is 5.75 Å². The molecule has 1 aromatic heterocycles. The number of aliphatic carboxylic acids is 1. The lowest BCUT2D eigenvalue weighted by Gasteiger charge is -2.62. The number of ketones is 2. The summed E-state index contributed by atoms with van der Waals surface area (Å²) in [5.41, 5.74) is 1.37. The fraction of sp³-hybridized carbons (Fsp3) is 0.694. The number of carboxylic acids is 1. The summed E-state index contributed by atoms with van der Waals surface area (Å²) in [4.78, 5) is 99.3. The molecule has 0 aliphatic heterocycles. The van der Waals surface area contributed by atoms with E-state index < -0.39 is 23.5 Å². The number of amides is 4. The number of allylic oxidation sites excluding steroid dienone is 4. The van der Waals surface area contributed by atoms with Crippen molar-refractivity contribution in [2.75, 3.05) is 33.2 Å². The van der Waals surface area contributed by atoms with Crippen LogP contribution in [0.4, 0.5) is 4.79 Å². The summed E-state index contributed by atoms with van der Waals surface area (Å²) in [5.74, 6) is 0.306. The standard InChI is InChI=1S/C62H88N6O11S/c1-36(43-19-20-44-54-45(24-26-62(43,44)8)61(7)25-23-41(69)31-40(61)32-48(54)70)17-22-51(72)65-47(58(76)77)15-12-13-27-64-50(71)16-11-10-14-28-68(59(78)79-42-18-21-46-49(33-42)80-52(35-63)66-46)30-29-67(9)53(73)34-60(5,6)55-39(4)56(74)37(2)38(3)57(55)75/h18,21,33,36,40-41,43-45,47-48,54,69-70H,10-17,19-20,22-32,34H2,1-9H3,(H,64,71)(H,65,72)(H,76,77)/t36-,40+,41-,43-,44+,45+,47?,48-,54+,61+,62-/m1/s1. The smallest absolute Gasteiger partial charge is 0.415 e. The molecule has 5 aliphatic carbocycles. The molecule has 17 nitrogen and oxygen atoms in total. The lowest BCUT2D eigenvalue weighted by atomic mass is 9.43. The third-order valence-corrected chi connectivity index (χ3v) is 20.9. The van der Waals surface area contributed by atoms with Crippen molar-refractivity contribution >= 4 is 62.9 Å². The van der Waals surface area contributed by atoms with Crippen LogP contribution in [0.3, 0.4) is 0 Å². The van der Waals surface area contributed by atoms with Crippen LogP contribution < -0.4 is 15.4 Å². The van der Waals surface area contributed by atoms with Gasteiger partial charge in [-0.2, -0.15) is 5.26 Å². The number of hydrogen-bond donors (Lipinski definition) is 5. The number of benzene rings is 1. The Bertz CT molecular complexity index is 2780. The molecule has 11 atom stereocenters. The van der Waals surface area contributed by atoms with E-state index in [0.717, 1.165) is 51.4 Å². The van der Waals surface area contributed by atoms with Gasteiger partial charge >= 0.3 is 12.1 Å². The van der Waals surface area contributed by atoms with Gasteiger partial charge in [-0.3, -0.25) is 24.0 Å². The molecule has 7 rings (SSSR count). The number of carboxylic acid groups (broad SMARTS) is 1. The summed E-state index contributed by atoms with van der Waals surface area (Å²) >= 11 is 1.18. The highest BCUT2D eigenvalue weighted by Gasteiger charge is 2.63. The first-order valence-electron chi connectivity index (χ1n) is 29.4. The van der Waals surface area contributed by atoms with Crippen LogP contribution in [0.25, 0.3) is 10.2 Å². The first-order valence-corrected chi connectivity index (χ1v) is 30.3. The number of thiazole rings is 1. The maximum absolute atomic E-state index is 13.7. The Morgan fingerprint density at radius 3 is 2.30 bits per heavy atom. The quantitative estimate of drug-likeness (QED) is 0.0485. The number of likely N-dealkylation sites (N-methyl/N-ethyl adjacent to an activating group) is 1. The van der Waals surface area contributed by atoms with Crippen molar-refractivity contribution in [2.24, 2.45) is 51.8 Å². The maximum Gasteiger partial charge on any atom is 0.415 e. The SMILES string of the molecule is CC1=C(C)C(=O)C(C(C)(C)CC(=O)N(C)CCN(CCCCCC(=O)NCCCCC(NC(=O)CC[C@@H](C)[C@H]2CC[C@H]3[C@@H]4[C@H](O)C[C@@H]5C[C@H](O)CC[C@]5(C)[C@H]4CC[C@]23C)C(=O)O)C(=O)Oc2ccc3nc(C#N)sc3c2)=C(C)C1=O. The van der Waals surface area contributed by atoms with Crippen LogP contribution in [-0.4, -0.2) is 123 Å².